The molecule has 0 aliphatic heterocycles. The van der Waals surface area contributed by atoms with Crippen LogP contribution in [-0.4, -0.2) is 24.0 Å². The highest BCUT2D eigenvalue weighted by atomic mass is 32.1. The number of amides is 3. The zero-order valence-corrected chi connectivity index (χ0v) is 16.9. The Labute approximate surface area is 170 Å². The fourth-order valence-corrected chi connectivity index (χ4v) is 3.73. The maximum Gasteiger partial charge on any atom is 0.325 e. The monoisotopic (exact) mass is 416 g/mol. The minimum Gasteiger partial charge on any atom is -0.497 e. The molecule has 28 heavy (non-hydrogen) atoms. The van der Waals surface area contributed by atoms with Gasteiger partial charge in [-0.3, -0.25) is 10.1 Å². The molecule has 1 aromatic carbocycles. The Kier molecular flexibility index (Phi) is 6.99. The lowest BCUT2D eigenvalue weighted by Gasteiger charge is -2.06. The van der Waals surface area contributed by atoms with Crippen LogP contribution in [0.2, 0.25) is 0 Å². The van der Waals surface area contributed by atoms with Gasteiger partial charge in [0.1, 0.15) is 5.75 Å². The summed E-state index contributed by atoms with van der Waals surface area (Å²) in [5, 5.41) is 12.6. The van der Waals surface area contributed by atoms with Crippen molar-refractivity contribution < 1.29 is 14.3 Å². The zero-order valence-electron chi connectivity index (χ0n) is 15.2. The maximum absolute atomic E-state index is 12.1. The molecular weight excluding hydrogens is 396 g/mol. The standard InChI is InChI=1S/C19H20N4O3S2/c1-26-15-7-4-13(5-8-15)21-18(25)23-19-22-14(12-28-19)6-9-17(24)20-11-16-3-2-10-27-16/h2-5,7-8,10,12H,6,9,11H2,1H3,(H,20,24)(H2,21,22,23,25). The number of aromatic nitrogens is 1. The van der Waals surface area contributed by atoms with Crippen molar-refractivity contribution in [3.8, 4) is 5.75 Å². The predicted octanol–water partition coefficient (Wildman–Crippen LogP) is 4.11. The molecule has 0 saturated heterocycles. The number of rotatable bonds is 8. The summed E-state index contributed by atoms with van der Waals surface area (Å²) in [6, 6.07) is 10.6. The van der Waals surface area contributed by atoms with Gasteiger partial charge < -0.3 is 15.4 Å². The second-order valence-corrected chi connectivity index (χ2v) is 7.70. The van der Waals surface area contributed by atoms with E-state index in [-0.39, 0.29) is 11.9 Å². The smallest absolute Gasteiger partial charge is 0.325 e. The summed E-state index contributed by atoms with van der Waals surface area (Å²) in [5.41, 5.74) is 1.42. The number of thiophene rings is 1. The minimum absolute atomic E-state index is 0.0202. The highest BCUT2D eigenvalue weighted by Gasteiger charge is 2.09. The molecule has 7 nitrogen and oxygen atoms in total. The van der Waals surface area contributed by atoms with Gasteiger partial charge >= 0.3 is 6.03 Å². The molecule has 146 valence electrons. The Morgan fingerprint density at radius 1 is 1.11 bits per heavy atom. The second kappa shape index (κ2) is 9.86. The summed E-state index contributed by atoms with van der Waals surface area (Å²) in [6.45, 7) is 0.548. The molecule has 0 fully saturated rings. The number of thiazole rings is 1. The lowest BCUT2D eigenvalue weighted by atomic mass is 10.2. The molecule has 2 heterocycles. The van der Waals surface area contributed by atoms with Crippen LogP contribution in [0, 0.1) is 0 Å². The SMILES string of the molecule is COc1ccc(NC(=O)Nc2nc(CCC(=O)NCc3cccs3)cs2)cc1. The third-order valence-corrected chi connectivity index (χ3v) is 5.45. The van der Waals surface area contributed by atoms with Crippen molar-refractivity contribution in [3.63, 3.8) is 0 Å². The molecule has 2 aromatic heterocycles. The van der Waals surface area contributed by atoms with E-state index in [1.54, 1.807) is 42.7 Å². The molecule has 0 spiro atoms. The van der Waals surface area contributed by atoms with E-state index in [4.69, 9.17) is 4.74 Å². The number of urea groups is 1. The Balaban J connectivity index is 1.41. The Hall–Kier alpha value is -2.91. The first kappa shape index (κ1) is 19.8. The van der Waals surface area contributed by atoms with E-state index in [9.17, 15) is 9.59 Å². The van der Waals surface area contributed by atoms with Crippen molar-refractivity contribution in [2.24, 2.45) is 0 Å². The Morgan fingerprint density at radius 2 is 1.93 bits per heavy atom. The minimum atomic E-state index is -0.375. The summed E-state index contributed by atoms with van der Waals surface area (Å²) in [6.07, 6.45) is 0.876. The number of nitrogens with zero attached hydrogens (tertiary/aromatic N) is 1. The van der Waals surface area contributed by atoms with Gasteiger partial charge in [0.2, 0.25) is 5.91 Å². The third-order valence-electron chi connectivity index (χ3n) is 3.77. The van der Waals surface area contributed by atoms with E-state index in [1.165, 1.54) is 11.3 Å². The molecule has 0 aliphatic rings. The van der Waals surface area contributed by atoms with Crippen LogP contribution in [0.25, 0.3) is 0 Å². The average molecular weight is 417 g/mol. The quantitative estimate of drug-likeness (QED) is 0.515. The van der Waals surface area contributed by atoms with Crippen LogP contribution in [-0.2, 0) is 17.8 Å². The van der Waals surface area contributed by atoms with E-state index in [0.717, 1.165) is 16.3 Å². The normalized spacial score (nSPS) is 10.3. The van der Waals surface area contributed by atoms with Crippen LogP contribution < -0.4 is 20.7 Å². The number of nitrogens with one attached hydrogen (secondary N) is 3. The number of hydrogen-bond acceptors (Lipinski definition) is 6. The molecular formula is C19H20N4O3S2. The maximum atomic E-state index is 12.1. The number of carbonyl (C=O) groups excluding carboxylic acids is 2. The van der Waals surface area contributed by atoms with Gasteiger partial charge in [-0.2, -0.15) is 0 Å². The lowest BCUT2D eigenvalue weighted by Crippen LogP contribution is -2.22. The van der Waals surface area contributed by atoms with Crippen molar-refractivity contribution in [1.29, 1.82) is 0 Å². The van der Waals surface area contributed by atoms with E-state index in [1.807, 2.05) is 22.9 Å². The van der Waals surface area contributed by atoms with Gasteiger partial charge in [-0.15, -0.1) is 22.7 Å². The van der Waals surface area contributed by atoms with Crippen LogP contribution in [0.15, 0.2) is 47.2 Å². The number of carbonyl (C=O) groups is 2. The van der Waals surface area contributed by atoms with Gasteiger partial charge in [0.25, 0.3) is 0 Å². The molecule has 0 aliphatic carbocycles. The average Bonchev–Trinajstić information content (AvgIpc) is 3.37. The lowest BCUT2D eigenvalue weighted by molar-refractivity contribution is -0.121. The van der Waals surface area contributed by atoms with Crippen LogP contribution in [0.4, 0.5) is 15.6 Å². The van der Waals surface area contributed by atoms with Gasteiger partial charge in [-0.25, -0.2) is 9.78 Å². The summed E-state index contributed by atoms with van der Waals surface area (Å²) < 4.78 is 5.08. The van der Waals surface area contributed by atoms with Crippen molar-refractivity contribution in [2.45, 2.75) is 19.4 Å². The Bertz CT molecular complexity index is 908. The first-order valence-corrected chi connectivity index (χ1v) is 10.3. The van der Waals surface area contributed by atoms with Crippen LogP contribution in [0.1, 0.15) is 17.0 Å². The molecule has 0 saturated carbocycles. The highest BCUT2D eigenvalue weighted by Crippen LogP contribution is 2.18. The van der Waals surface area contributed by atoms with Crippen molar-refractivity contribution in [2.75, 3.05) is 17.7 Å². The summed E-state index contributed by atoms with van der Waals surface area (Å²) in [4.78, 5) is 29.5. The van der Waals surface area contributed by atoms with E-state index in [2.05, 4.69) is 20.9 Å². The molecule has 3 amide bonds. The molecule has 3 N–H and O–H groups in total. The summed E-state index contributed by atoms with van der Waals surface area (Å²) >= 11 is 2.94. The number of benzene rings is 1. The van der Waals surface area contributed by atoms with E-state index in [0.29, 0.717) is 30.2 Å². The van der Waals surface area contributed by atoms with Crippen LogP contribution in [0.5, 0.6) is 5.75 Å². The Morgan fingerprint density at radius 3 is 2.64 bits per heavy atom. The molecule has 0 radical (unpaired) electrons. The van der Waals surface area contributed by atoms with Gasteiger partial charge in [0, 0.05) is 22.4 Å². The van der Waals surface area contributed by atoms with E-state index >= 15 is 0 Å². The third kappa shape index (κ3) is 6.07. The highest BCUT2D eigenvalue weighted by molar-refractivity contribution is 7.14. The second-order valence-electron chi connectivity index (χ2n) is 5.81. The number of aryl methyl sites for hydroxylation is 1. The first-order chi connectivity index (χ1) is 13.6. The molecule has 3 aromatic rings. The molecule has 0 unspecified atom stereocenters. The van der Waals surface area contributed by atoms with Gasteiger partial charge in [-0.05, 0) is 42.1 Å². The molecule has 0 bridgehead atoms. The van der Waals surface area contributed by atoms with E-state index < -0.39 is 0 Å². The molecule has 3 rings (SSSR count). The molecule has 9 heteroatoms. The topological polar surface area (TPSA) is 92.3 Å². The van der Waals surface area contributed by atoms with Crippen molar-refractivity contribution >= 4 is 45.4 Å². The summed E-state index contributed by atoms with van der Waals surface area (Å²) in [7, 11) is 1.59. The predicted molar refractivity (Wildman–Crippen MR) is 112 cm³/mol. The number of ether oxygens (including phenoxy) is 1. The van der Waals surface area contributed by atoms with Gasteiger partial charge in [-0.1, -0.05) is 6.07 Å². The van der Waals surface area contributed by atoms with Gasteiger partial charge in [0.15, 0.2) is 5.13 Å². The first-order valence-electron chi connectivity index (χ1n) is 8.58. The van der Waals surface area contributed by atoms with Crippen molar-refractivity contribution in [1.82, 2.24) is 10.3 Å². The largest absolute Gasteiger partial charge is 0.497 e. The number of methoxy groups -OCH3 is 1. The van der Waals surface area contributed by atoms with Crippen molar-refractivity contribution in [3.05, 3.63) is 57.7 Å². The fourth-order valence-electron chi connectivity index (χ4n) is 2.34. The number of hydrogen-bond donors (Lipinski definition) is 3. The molecule has 0 atom stereocenters. The number of anilines is 2. The fraction of sp³-hybridized carbons (Fsp3) is 0.211. The zero-order chi connectivity index (χ0) is 19.8. The van der Waals surface area contributed by atoms with Crippen LogP contribution >= 0.6 is 22.7 Å². The van der Waals surface area contributed by atoms with Crippen LogP contribution in [0.3, 0.4) is 0 Å². The van der Waals surface area contributed by atoms with Gasteiger partial charge in [0.05, 0.1) is 19.3 Å². The summed E-state index contributed by atoms with van der Waals surface area (Å²) in [5.74, 6) is 0.697.